The molecule has 0 spiro atoms. The predicted molar refractivity (Wildman–Crippen MR) is 83.9 cm³/mol. The van der Waals surface area contributed by atoms with Crippen LogP contribution in [-0.2, 0) is 14.3 Å². The van der Waals surface area contributed by atoms with Gasteiger partial charge in [0.15, 0.2) is 0 Å². The molecule has 3 nitrogen and oxygen atoms in total. The summed E-state index contributed by atoms with van der Waals surface area (Å²) in [6.45, 7) is 11.0. The second-order valence-corrected chi connectivity index (χ2v) is 6.14. The molecule has 1 fully saturated rings. The smallest absolute Gasteiger partial charge is 0.334 e. The minimum Gasteiger partial charge on any atom is -0.454 e. The van der Waals surface area contributed by atoms with Crippen molar-refractivity contribution in [3.8, 4) is 0 Å². The number of esters is 1. The monoisotopic (exact) mass is 290 g/mol. The molecule has 2 aliphatic rings. The van der Waals surface area contributed by atoms with Gasteiger partial charge in [0, 0.05) is 12.2 Å². The summed E-state index contributed by atoms with van der Waals surface area (Å²) >= 11 is 0. The summed E-state index contributed by atoms with van der Waals surface area (Å²) in [6.07, 6.45) is 7.94. The van der Waals surface area contributed by atoms with E-state index in [1.54, 1.807) is 0 Å². The van der Waals surface area contributed by atoms with Gasteiger partial charge in [-0.2, -0.15) is 0 Å². The van der Waals surface area contributed by atoms with Crippen LogP contribution in [0.3, 0.4) is 0 Å². The van der Waals surface area contributed by atoms with E-state index >= 15 is 0 Å². The molecule has 0 aromatic heterocycles. The molecule has 0 radical (unpaired) electrons. The van der Waals surface area contributed by atoms with Gasteiger partial charge >= 0.3 is 5.97 Å². The second kappa shape index (κ2) is 7.08. The van der Waals surface area contributed by atoms with E-state index in [0.29, 0.717) is 12.2 Å². The Bertz CT molecular complexity index is 473. The van der Waals surface area contributed by atoms with Gasteiger partial charge < -0.3 is 9.47 Å². The molecule has 3 heteroatoms. The van der Waals surface area contributed by atoms with Crippen molar-refractivity contribution in [2.75, 3.05) is 6.61 Å². The third-order valence-electron chi connectivity index (χ3n) is 4.20. The fourth-order valence-electron chi connectivity index (χ4n) is 3.05. The molecule has 2 rings (SSSR count). The second-order valence-electron chi connectivity index (χ2n) is 6.14. The Balaban J connectivity index is 2.32. The fraction of sp³-hybridized carbons (Fsp3) is 0.611. The van der Waals surface area contributed by atoms with Crippen LogP contribution in [0.15, 0.2) is 35.5 Å². The standard InChI is InChI=1S/C18H26O3/c1-5-9-20-15-10-12(2)7-6-8-13(3)11-16-17(15)14(4)18(19)21-16/h7,11,15-17H,4-6,8-10H2,1-3H3/b12-7+,13-11+/t15-,16-,17-/m1/s1. The molecule has 1 heterocycles. The lowest BCUT2D eigenvalue weighted by atomic mass is 9.85. The van der Waals surface area contributed by atoms with E-state index in [1.807, 2.05) is 0 Å². The fourth-order valence-corrected chi connectivity index (χ4v) is 3.05. The largest absolute Gasteiger partial charge is 0.454 e. The van der Waals surface area contributed by atoms with Crippen LogP contribution in [0.2, 0.25) is 0 Å². The summed E-state index contributed by atoms with van der Waals surface area (Å²) in [4.78, 5) is 11.9. The highest BCUT2D eigenvalue weighted by atomic mass is 16.6. The molecule has 1 aliphatic heterocycles. The Kier molecular flexibility index (Phi) is 5.40. The Labute approximate surface area is 127 Å². The first-order chi connectivity index (χ1) is 10.0. The zero-order valence-corrected chi connectivity index (χ0v) is 13.4. The van der Waals surface area contributed by atoms with Gasteiger partial charge in [-0.3, -0.25) is 0 Å². The maximum atomic E-state index is 11.9. The lowest BCUT2D eigenvalue weighted by Gasteiger charge is -2.27. The molecule has 0 unspecified atom stereocenters. The van der Waals surface area contributed by atoms with E-state index in [1.165, 1.54) is 11.1 Å². The lowest BCUT2D eigenvalue weighted by Crippen LogP contribution is -2.31. The van der Waals surface area contributed by atoms with Crippen molar-refractivity contribution in [2.45, 2.75) is 58.7 Å². The van der Waals surface area contributed by atoms with Crippen molar-refractivity contribution < 1.29 is 14.3 Å². The highest BCUT2D eigenvalue weighted by molar-refractivity contribution is 5.91. The van der Waals surface area contributed by atoms with Gasteiger partial charge in [-0.1, -0.05) is 30.7 Å². The van der Waals surface area contributed by atoms with E-state index in [9.17, 15) is 4.79 Å². The molecular formula is C18H26O3. The quantitative estimate of drug-likeness (QED) is 0.448. The van der Waals surface area contributed by atoms with Crippen LogP contribution < -0.4 is 0 Å². The SMILES string of the molecule is C=C1C(=O)O[C@@H]2/C=C(\C)CC/C=C(\C)C[C@@H](OCCC)[C@@H]12. The summed E-state index contributed by atoms with van der Waals surface area (Å²) in [5.74, 6) is -0.347. The number of fused-ring (bicyclic) bond motifs is 1. The topological polar surface area (TPSA) is 35.5 Å². The normalized spacial score (nSPS) is 35.3. The van der Waals surface area contributed by atoms with Crippen LogP contribution in [0.1, 0.15) is 46.5 Å². The van der Waals surface area contributed by atoms with Crippen LogP contribution in [0.5, 0.6) is 0 Å². The summed E-state index contributed by atoms with van der Waals surface area (Å²) in [6, 6.07) is 0. The first-order valence-corrected chi connectivity index (χ1v) is 7.87. The molecule has 0 saturated carbocycles. The molecule has 1 aliphatic carbocycles. The Morgan fingerprint density at radius 1 is 1.38 bits per heavy atom. The Morgan fingerprint density at radius 2 is 2.14 bits per heavy atom. The molecule has 116 valence electrons. The van der Waals surface area contributed by atoms with Gasteiger partial charge in [-0.05, 0) is 45.6 Å². The van der Waals surface area contributed by atoms with Crippen molar-refractivity contribution in [1.82, 2.24) is 0 Å². The van der Waals surface area contributed by atoms with Gasteiger partial charge in [0.05, 0.1) is 12.0 Å². The van der Waals surface area contributed by atoms with Crippen LogP contribution in [-0.4, -0.2) is 24.8 Å². The van der Waals surface area contributed by atoms with Crippen molar-refractivity contribution >= 4 is 5.97 Å². The van der Waals surface area contributed by atoms with Crippen LogP contribution in [0.4, 0.5) is 0 Å². The van der Waals surface area contributed by atoms with Crippen molar-refractivity contribution in [2.24, 2.45) is 5.92 Å². The average Bonchev–Trinajstić information content (AvgIpc) is 2.69. The van der Waals surface area contributed by atoms with Crippen molar-refractivity contribution in [3.05, 3.63) is 35.5 Å². The number of carbonyl (C=O) groups is 1. The average molecular weight is 290 g/mol. The highest BCUT2D eigenvalue weighted by Crippen LogP contribution is 2.36. The molecule has 0 aromatic carbocycles. The molecule has 0 aromatic rings. The Hall–Kier alpha value is -1.35. The molecule has 3 atom stereocenters. The summed E-state index contributed by atoms with van der Waals surface area (Å²) in [7, 11) is 0. The molecule has 0 amide bonds. The third kappa shape index (κ3) is 3.85. The van der Waals surface area contributed by atoms with Crippen LogP contribution >= 0.6 is 0 Å². The lowest BCUT2D eigenvalue weighted by molar-refractivity contribution is -0.137. The number of allylic oxidation sites excluding steroid dienone is 2. The van der Waals surface area contributed by atoms with Gasteiger partial charge in [-0.15, -0.1) is 0 Å². The maximum Gasteiger partial charge on any atom is 0.334 e. The Morgan fingerprint density at radius 3 is 2.86 bits per heavy atom. The summed E-state index contributed by atoms with van der Waals surface area (Å²) in [5.41, 5.74) is 3.13. The molecule has 1 saturated heterocycles. The molecule has 21 heavy (non-hydrogen) atoms. The molecule has 0 N–H and O–H groups in total. The predicted octanol–water partition coefficient (Wildman–Crippen LogP) is 3.96. The number of hydrogen-bond donors (Lipinski definition) is 0. The van der Waals surface area contributed by atoms with E-state index in [4.69, 9.17) is 9.47 Å². The summed E-state index contributed by atoms with van der Waals surface area (Å²) < 4.78 is 11.6. The minimum atomic E-state index is -0.278. The number of carbonyl (C=O) groups excluding carboxylic acids is 1. The van der Waals surface area contributed by atoms with Crippen LogP contribution in [0, 0.1) is 5.92 Å². The van der Waals surface area contributed by atoms with Gasteiger partial charge in [0.25, 0.3) is 0 Å². The number of hydrogen-bond acceptors (Lipinski definition) is 3. The first kappa shape index (κ1) is 16.0. The van der Waals surface area contributed by atoms with Gasteiger partial charge in [-0.25, -0.2) is 4.79 Å². The van der Waals surface area contributed by atoms with E-state index in [2.05, 4.69) is 39.5 Å². The van der Waals surface area contributed by atoms with E-state index in [-0.39, 0.29) is 24.1 Å². The maximum absolute atomic E-state index is 11.9. The number of rotatable bonds is 3. The zero-order valence-electron chi connectivity index (χ0n) is 13.4. The molecule has 0 bridgehead atoms. The van der Waals surface area contributed by atoms with Crippen molar-refractivity contribution in [1.29, 1.82) is 0 Å². The van der Waals surface area contributed by atoms with E-state index in [0.717, 1.165) is 25.7 Å². The van der Waals surface area contributed by atoms with Gasteiger partial charge in [0.2, 0.25) is 0 Å². The highest BCUT2D eigenvalue weighted by Gasteiger charge is 2.43. The zero-order chi connectivity index (χ0) is 15.4. The summed E-state index contributed by atoms with van der Waals surface area (Å²) in [5, 5.41) is 0. The minimum absolute atomic E-state index is 0.0349. The first-order valence-electron chi connectivity index (χ1n) is 7.87. The third-order valence-corrected chi connectivity index (χ3v) is 4.20. The van der Waals surface area contributed by atoms with Crippen LogP contribution in [0.25, 0.3) is 0 Å². The van der Waals surface area contributed by atoms with E-state index < -0.39 is 0 Å². The van der Waals surface area contributed by atoms with Gasteiger partial charge in [0.1, 0.15) is 6.10 Å². The number of ether oxygens (including phenoxy) is 2. The van der Waals surface area contributed by atoms with Crippen molar-refractivity contribution in [3.63, 3.8) is 0 Å². The molecular weight excluding hydrogens is 264 g/mol.